The number of hydrogen-bond donors (Lipinski definition) is 1. The van der Waals surface area contributed by atoms with E-state index in [0.717, 1.165) is 19.0 Å². The molecule has 1 heterocycles. The number of anilines is 1. The number of carboxylic acid groups (broad SMARTS) is 1. The van der Waals surface area contributed by atoms with Gasteiger partial charge in [0.05, 0.1) is 17.4 Å². The molecule has 1 aliphatic rings. The number of halogens is 1. The Hall–Kier alpha value is -1.62. The molecule has 0 radical (unpaired) electrons. The van der Waals surface area contributed by atoms with Crippen molar-refractivity contribution in [3.05, 3.63) is 29.6 Å². The lowest BCUT2D eigenvalue weighted by Crippen LogP contribution is -2.23. The van der Waals surface area contributed by atoms with Crippen molar-refractivity contribution in [1.82, 2.24) is 0 Å². The summed E-state index contributed by atoms with van der Waals surface area (Å²) in [6, 6.07) is 3.98. The van der Waals surface area contributed by atoms with E-state index in [1.165, 1.54) is 12.1 Å². The van der Waals surface area contributed by atoms with Gasteiger partial charge in [-0.1, -0.05) is 0 Å². The summed E-state index contributed by atoms with van der Waals surface area (Å²) in [5.41, 5.74) is 0.406. The molecule has 1 N–H and O–H groups in total. The van der Waals surface area contributed by atoms with Crippen molar-refractivity contribution in [2.24, 2.45) is 0 Å². The van der Waals surface area contributed by atoms with Crippen LogP contribution in [0.25, 0.3) is 0 Å². The molecule has 0 bridgehead atoms. The summed E-state index contributed by atoms with van der Waals surface area (Å²) in [4.78, 5) is 12.6. The summed E-state index contributed by atoms with van der Waals surface area (Å²) in [7, 11) is 1.64. The van der Waals surface area contributed by atoms with Crippen LogP contribution in [-0.4, -0.2) is 37.4 Å². The number of carboxylic acids is 1. The Kier molecular flexibility index (Phi) is 3.28. The first kappa shape index (κ1) is 11.9. The van der Waals surface area contributed by atoms with Gasteiger partial charge in [0, 0.05) is 20.2 Å². The number of benzene rings is 1. The molecule has 0 amide bonds. The zero-order valence-corrected chi connectivity index (χ0v) is 9.52. The molecule has 1 aromatic carbocycles. The van der Waals surface area contributed by atoms with E-state index >= 15 is 0 Å². The highest BCUT2D eigenvalue weighted by Crippen LogP contribution is 2.25. The first-order chi connectivity index (χ1) is 8.11. The van der Waals surface area contributed by atoms with Crippen LogP contribution in [0.15, 0.2) is 18.2 Å². The van der Waals surface area contributed by atoms with Crippen molar-refractivity contribution >= 4 is 11.7 Å². The fourth-order valence-electron chi connectivity index (χ4n) is 2.04. The molecule has 1 atom stereocenters. The molecule has 0 saturated carbocycles. The van der Waals surface area contributed by atoms with Crippen LogP contribution in [0.1, 0.15) is 16.8 Å². The molecular weight excluding hydrogens is 225 g/mol. The van der Waals surface area contributed by atoms with Gasteiger partial charge in [-0.3, -0.25) is 0 Å². The Labute approximate surface area is 98.6 Å². The van der Waals surface area contributed by atoms with E-state index in [-0.39, 0.29) is 11.7 Å². The Balaban J connectivity index is 2.20. The van der Waals surface area contributed by atoms with Gasteiger partial charge in [0.25, 0.3) is 0 Å². The van der Waals surface area contributed by atoms with Crippen LogP contribution in [0, 0.1) is 5.82 Å². The molecule has 4 nitrogen and oxygen atoms in total. The Morgan fingerprint density at radius 2 is 2.35 bits per heavy atom. The summed E-state index contributed by atoms with van der Waals surface area (Å²) in [5.74, 6) is -1.62. The SMILES string of the molecule is COC1CCN(c2ccc(C(=O)O)cc2F)C1. The summed E-state index contributed by atoms with van der Waals surface area (Å²) in [6.07, 6.45) is 0.977. The van der Waals surface area contributed by atoms with Gasteiger partial charge in [-0.05, 0) is 24.6 Å². The van der Waals surface area contributed by atoms with Crippen LogP contribution in [0.5, 0.6) is 0 Å². The number of ether oxygens (including phenoxy) is 1. The Bertz CT molecular complexity index is 436. The molecule has 17 heavy (non-hydrogen) atoms. The standard InChI is InChI=1S/C12H14FNO3/c1-17-9-4-5-14(7-9)11-3-2-8(12(15)16)6-10(11)13/h2-3,6,9H,4-5,7H2,1H3,(H,15,16). The molecule has 0 aromatic heterocycles. The van der Waals surface area contributed by atoms with Crippen LogP contribution in [-0.2, 0) is 4.74 Å². The molecule has 1 fully saturated rings. The number of nitrogens with zero attached hydrogens (tertiary/aromatic N) is 1. The van der Waals surface area contributed by atoms with E-state index in [2.05, 4.69) is 0 Å². The van der Waals surface area contributed by atoms with Gasteiger partial charge in [-0.15, -0.1) is 0 Å². The molecule has 1 aromatic rings. The molecular formula is C12H14FNO3. The lowest BCUT2D eigenvalue weighted by Gasteiger charge is -2.19. The van der Waals surface area contributed by atoms with Gasteiger partial charge in [0.1, 0.15) is 5.82 Å². The van der Waals surface area contributed by atoms with Gasteiger partial charge in [-0.2, -0.15) is 0 Å². The maximum atomic E-state index is 13.7. The Morgan fingerprint density at radius 1 is 1.59 bits per heavy atom. The van der Waals surface area contributed by atoms with Crippen molar-refractivity contribution < 1.29 is 19.0 Å². The van der Waals surface area contributed by atoms with E-state index in [4.69, 9.17) is 9.84 Å². The second kappa shape index (κ2) is 4.71. The van der Waals surface area contributed by atoms with Crippen molar-refractivity contribution in [2.75, 3.05) is 25.1 Å². The Morgan fingerprint density at radius 3 is 2.88 bits per heavy atom. The number of rotatable bonds is 3. The summed E-state index contributed by atoms with van der Waals surface area (Å²) in [5, 5.41) is 8.75. The molecule has 2 rings (SSSR count). The van der Waals surface area contributed by atoms with Gasteiger partial charge >= 0.3 is 5.97 Å². The van der Waals surface area contributed by atoms with Crippen LogP contribution < -0.4 is 4.90 Å². The van der Waals surface area contributed by atoms with Crippen LogP contribution in [0.2, 0.25) is 0 Å². The molecule has 5 heteroatoms. The van der Waals surface area contributed by atoms with E-state index < -0.39 is 11.8 Å². The van der Waals surface area contributed by atoms with Gasteiger partial charge in [0.15, 0.2) is 0 Å². The van der Waals surface area contributed by atoms with Crippen LogP contribution in [0.3, 0.4) is 0 Å². The number of methoxy groups -OCH3 is 1. The lowest BCUT2D eigenvalue weighted by atomic mass is 10.2. The van der Waals surface area contributed by atoms with E-state index in [1.54, 1.807) is 7.11 Å². The third-order valence-corrected chi connectivity index (χ3v) is 3.01. The van der Waals surface area contributed by atoms with Crippen molar-refractivity contribution in [1.29, 1.82) is 0 Å². The quantitative estimate of drug-likeness (QED) is 0.873. The van der Waals surface area contributed by atoms with Crippen LogP contribution in [0.4, 0.5) is 10.1 Å². The molecule has 0 aliphatic carbocycles. The third kappa shape index (κ3) is 2.39. The van der Waals surface area contributed by atoms with Crippen molar-refractivity contribution in [3.8, 4) is 0 Å². The van der Waals surface area contributed by atoms with E-state index in [1.807, 2.05) is 4.90 Å². The van der Waals surface area contributed by atoms with Crippen molar-refractivity contribution in [2.45, 2.75) is 12.5 Å². The zero-order chi connectivity index (χ0) is 12.4. The summed E-state index contributed by atoms with van der Waals surface area (Å²) < 4.78 is 19.0. The lowest BCUT2D eigenvalue weighted by molar-refractivity contribution is 0.0696. The minimum Gasteiger partial charge on any atom is -0.478 e. The van der Waals surface area contributed by atoms with Crippen LogP contribution >= 0.6 is 0 Å². The second-order valence-electron chi connectivity index (χ2n) is 4.06. The fourth-order valence-corrected chi connectivity index (χ4v) is 2.04. The molecule has 1 unspecified atom stereocenters. The smallest absolute Gasteiger partial charge is 0.335 e. The van der Waals surface area contributed by atoms with Crippen molar-refractivity contribution in [3.63, 3.8) is 0 Å². The third-order valence-electron chi connectivity index (χ3n) is 3.01. The first-order valence-corrected chi connectivity index (χ1v) is 5.42. The van der Waals surface area contributed by atoms with Gasteiger partial charge in [-0.25, -0.2) is 9.18 Å². The first-order valence-electron chi connectivity index (χ1n) is 5.42. The molecule has 1 aliphatic heterocycles. The van der Waals surface area contributed by atoms with Gasteiger partial charge < -0.3 is 14.7 Å². The zero-order valence-electron chi connectivity index (χ0n) is 9.52. The number of hydrogen-bond acceptors (Lipinski definition) is 3. The predicted molar refractivity (Wildman–Crippen MR) is 61.0 cm³/mol. The van der Waals surface area contributed by atoms with Gasteiger partial charge in [0.2, 0.25) is 0 Å². The molecule has 0 spiro atoms. The minimum absolute atomic E-state index is 0.0336. The highest BCUT2D eigenvalue weighted by molar-refractivity contribution is 5.88. The second-order valence-corrected chi connectivity index (χ2v) is 4.06. The predicted octanol–water partition coefficient (Wildman–Crippen LogP) is 1.75. The largest absolute Gasteiger partial charge is 0.478 e. The molecule has 1 saturated heterocycles. The average molecular weight is 239 g/mol. The number of aromatic carboxylic acids is 1. The summed E-state index contributed by atoms with van der Waals surface area (Å²) in [6.45, 7) is 1.36. The van der Waals surface area contributed by atoms with E-state index in [9.17, 15) is 9.18 Å². The number of carbonyl (C=O) groups is 1. The highest BCUT2D eigenvalue weighted by Gasteiger charge is 2.24. The minimum atomic E-state index is -1.12. The summed E-state index contributed by atoms with van der Waals surface area (Å²) >= 11 is 0. The topological polar surface area (TPSA) is 49.8 Å². The fraction of sp³-hybridized carbons (Fsp3) is 0.417. The maximum Gasteiger partial charge on any atom is 0.335 e. The van der Waals surface area contributed by atoms with E-state index in [0.29, 0.717) is 12.2 Å². The molecule has 92 valence electrons. The highest BCUT2D eigenvalue weighted by atomic mass is 19.1. The monoisotopic (exact) mass is 239 g/mol. The normalized spacial score (nSPS) is 19.6. The maximum absolute atomic E-state index is 13.7. The average Bonchev–Trinajstić information content (AvgIpc) is 2.77.